The van der Waals surface area contributed by atoms with E-state index in [9.17, 15) is 14.9 Å². The molecule has 1 aromatic carbocycles. The molecule has 1 amide bonds. The normalized spacial score (nSPS) is 10.5. The molecule has 3 N–H and O–H groups in total. The van der Waals surface area contributed by atoms with Crippen molar-refractivity contribution in [1.82, 2.24) is 14.9 Å². The minimum atomic E-state index is -0.483. The largest absolute Gasteiger partial charge is 0.336 e. The third-order valence-electron chi connectivity index (χ3n) is 3.07. The van der Waals surface area contributed by atoms with Gasteiger partial charge in [0.05, 0.1) is 10.7 Å². The van der Waals surface area contributed by atoms with Crippen LogP contribution in [-0.2, 0) is 11.2 Å². The van der Waals surface area contributed by atoms with Crippen molar-refractivity contribution in [2.24, 2.45) is 0 Å². The molecule has 0 aliphatic heterocycles. The summed E-state index contributed by atoms with van der Waals surface area (Å²) in [6.07, 6.45) is 0.642. The lowest BCUT2D eigenvalue weighted by molar-refractivity contribution is -0.385. The summed E-state index contributed by atoms with van der Waals surface area (Å²) in [7, 11) is 0. The number of thioether (sulfide) groups is 1. The van der Waals surface area contributed by atoms with Gasteiger partial charge >= 0.3 is 0 Å². The van der Waals surface area contributed by atoms with Crippen LogP contribution in [0.25, 0.3) is 0 Å². The van der Waals surface area contributed by atoms with Crippen LogP contribution in [0.5, 0.6) is 0 Å². The summed E-state index contributed by atoms with van der Waals surface area (Å²) in [5.41, 5.74) is 0.867. The second kappa shape index (κ2) is 7.09. The Bertz CT molecular complexity index is 745. The summed E-state index contributed by atoms with van der Waals surface area (Å²) in [5.74, 6) is 6.17. The second-order valence-corrected chi connectivity index (χ2v) is 5.66. The Morgan fingerprint density at radius 1 is 1.48 bits per heavy atom. The molecule has 9 nitrogen and oxygen atoms in total. The minimum absolute atomic E-state index is 0.0373. The first kappa shape index (κ1) is 16.7. The van der Waals surface area contributed by atoms with Crippen LogP contribution in [0.15, 0.2) is 23.4 Å². The first-order valence-corrected chi connectivity index (χ1v) is 7.78. The van der Waals surface area contributed by atoms with E-state index in [1.165, 1.54) is 10.7 Å². The molecule has 2 aromatic rings. The monoisotopic (exact) mass is 336 g/mol. The zero-order valence-electron chi connectivity index (χ0n) is 12.6. The lowest BCUT2D eigenvalue weighted by atomic mass is 10.2. The Morgan fingerprint density at radius 3 is 2.83 bits per heavy atom. The quantitative estimate of drug-likeness (QED) is 0.354. The van der Waals surface area contributed by atoms with Crippen LogP contribution >= 0.6 is 11.8 Å². The molecule has 122 valence electrons. The molecular formula is C13H16N6O3S. The van der Waals surface area contributed by atoms with Crippen molar-refractivity contribution in [2.75, 3.05) is 16.9 Å². The number of nitrogens with two attached hydrogens (primary N) is 1. The molecule has 2 rings (SSSR count). The number of carbonyl (C=O) groups excluding carboxylic acids is 1. The maximum atomic E-state index is 11.9. The van der Waals surface area contributed by atoms with Crippen molar-refractivity contribution in [3.63, 3.8) is 0 Å². The molecule has 10 heteroatoms. The van der Waals surface area contributed by atoms with Gasteiger partial charge in [-0.15, -0.1) is 10.2 Å². The molecule has 0 bridgehead atoms. The highest BCUT2D eigenvalue weighted by Crippen LogP contribution is 2.22. The first-order chi connectivity index (χ1) is 10.9. The van der Waals surface area contributed by atoms with Gasteiger partial charge in [0.2, 0.25) is 11.1 Å². The average molecular weight is 336 g/mol. The predicted molar refractivity (Wildman–Crippen MR) is 86.7 cm³/mol. The molecular weight excluding hydrogens is 320 g/mol. The third kappa shape index (κ3) is 3.97. The van der Waals surface area contributed by atoms with E-state index in [4.69, 9.17) is 5.84 Å². The molecule has 0 saturated carbocycles. The summed E-state index contributed by atoms with van der Waals surface area (Å²) >= 11 is 1.14. The Balaban J connectivity index is 1.98. The van der Waals surface area contributed by atoms with Crippen molar-refractivity contribution in [2.45, 2.75) is 25.4 Å². The number of nitrogens with one attached hydrogen (secondary N) is 1. The molecule has 0 atom stereocenters. The van der Waals surface area contributed by atoms with E-state index in [1.807, 2.05) is 6.92 Å². The number of nitro groups is 1. The standard InChI is InChI=1S/C13H16N6O3S/c1-3-11-16-17-13(18(11)14)23-7-12(20)15-9-5-4-8(2)10(6-9)19(21)22/h4-6H,3,7,14H2,1-2H3,(H,15,20). The Morgan fingerprint density at radius 2 is 2.22 bits per heavy atom. The molecule has 0 fully saturated rings. The van der Waals surface area contributed by atoms with Crippen molar-refractivity contribution in [3.8, 4) is 0 Å². The molecule has 0 unspecified atom stereocenters. The van der Waals surface area contributed by atoms with Gasteiger partial charge in [0.15, 0.2) is 5.82 Å². The molecule has 0 aliphatic carbocycles. The van der Waals surface area contributed by atoms with Crippen LogP contribution in [0.4, 0.5) is 11.4 Å². The van der Waals surface area contributed by atoms with Crippen LogP contribution in [0.3, 0.4) is 0 Å². The van der Waals surface area contributed by atoms with Gasteiger partial charge in [0.25, 0.3) is 5.69 Å². The number of nitro benzene ring substituents is 1. The van der Waals surface area contributed by atoms with Gasteiger partial charge in [-0.25, -0.2) is 4.68 Å². The number of aryl methyl sites for hydroxylation is 2. The summed E-state index contributed by atoms with van der Waals surface area (Å²) in [6.45, 7) is 3.54. The highest BCUT2D eigenvalue weighted by Gasteiger charge is 2.14. The SMILES string of the molecule is CCc1nnc(SCC(=O)Nc2ccc(C)c([N+](=O)[O-])c2)n1N. The number of nitrogens with zero attached hydrogens (tertiary/aromatic N) is 4. The Labute approximate surface area is 136 Å². The van der Waals surface area contributed by atoms with Gasteiger partial charge in [-0.2, -0.15) is 0 Å². The number of amides is 1. The molecule has 0 spiro atoms. The van der Waals surface area contributed by atoms with Crippen molar-refractivity contribution in [3.05, 3.63) is 39.7 Å². The van der Waals surface area contributed by atoms with E-state index >= 15 is 0 Å². The number of hydrogen-bond acceptors (Lipinski definition) is 7. The maximum absolute atomic E-state index is 11.9. The van der Waals surface area contributed by atoms with Gasteiger partial charge in [-0.1, -0.05) is 24.8 Å². The number of carbonyl (C=O) groups is 1. The smallest absolute Gasteiger partial charge is 0.274 e. The molecule has 1 aromatic heterocycles. The van der Waals surface area contributed by atoms with E-state index in [0.717, 1.165) is 11.8 Å². The molecule has 0 saturated heterocycles. The molecule has 0 radical (unpaired) electrons. The lowest BCUT2D eigenvalue weighted by Crippen LogP contribution is -2.17. The van der Waals surface area contributed by atoms with Crippen LogP contribution in [0.1, 0.15) is 18.3 Å². The maximum Gasteiger partial charge on any atom is 0.274 e. The Hall–Kier alpha value is -2.62. The fraction of sp³-hybridized carbons (Fsp3) is 0.308. The highest BCUT2D eigenvalue weighted by atomic mass is 32.2. The third-order valence-corrected chi connectivity index (χ3v) is 4.02. The number of aromatic nitrogens is 3. The van der Waals surface area contributed by atoms with Crippen LogP contribution in [0, 0.1) is 17.0 Å². The van der Waals surface area contributed by atoms with Gasteiger partial charge in [0, 0.05) is 23.7 Å². The van der Waals surface area contributed by atoms with Crippen LogP contribution in [0.2, 0.25) is 0 Å². The number of rotatable bonds is 6. The van der Waals surface area contributed by atoms with E-state index < -0.39 is 4.92 Å². The number of hydrogen-bond donors (Lipinski definition) is 2. The van der Waals surface area contributed by atoms with Crippen LogP contribution in [-0.4, -0.2) is 31.5 Å². The molecule has 1 heterocycles. The predicted octanol–water partition coefficient (Wildman–Crippen LogP) is 1.50. The molecule has 0 aliphatic rings. The first-order valence-electron chi connectivity index (χ1n) is 6.79. The molecule has 23 heavy (non-hydrogen) atoms. The fourth-order valence-corrected chi connectivity index (χ4v) is 2.53. The van der Waals surface area contributed by atoms with Crippen molar-refractivity contribution < 1.29 is 9.72 Å². The van der Waals surface area contributed by atoms with Gasteiger partial charge in [-0.05, 0) is 13.0 Å². The zero-order valence-corrected chi connectivity index (χ0v) is 13.5. The lowest BCUT2D eigenvalue weighted by Gasteiger charge is -2.06. The van der Waals surface area contributed by atoms with Crippen molar-refractivity contribution in [1.29, 1.82) is 0 Å². The van der Waals surface area contributed by atoms with Gasteiger partial charge in [-0.3, -0.25) is 14.9 Å². The van der Waals surface area contributed by atoms with Crippen molar-refractivity contribution >= 4 is 29.0 Å². The van der Waals surface area contributed by atoms with E-state index in [1.54, 1.807) is 19.1 Å². The average Bonchev–Trinajstić information content (AvgIpc) is 2.87. The fourth-order valence-electron chi connectivity index (χ4n) is 1.86. The van der Waals surface area contributed by atoms with E-state index in [2.05, 4.69) is 15.5 Å². The summed E-state index contributed by atoms with van der Waals surface area (Å²) in [6, 6.07) is 4.54. The summed E-state index contributed by atoms with van der Waals surface area (Å²) in [4.78, 5) is 22.4. The zero-order chi connectivity index (χ0) is 17.0. The second-order valence-electron chi connectivity index (χ2n) is 4.72. The van der Waals surface area contributed by atoms with Crippen LogP contribution < -0.4 is 11.2 Å². The van der Waals surface area contributed by atoms with E-state index in [0.29, 0.717) is 28.7 Å². The number of benzene rings is 1. The van der Waals surface area contributed by atoms with Gasteiger partial charge in [0.1, 0.15) is 0 Å². The number of anilines is 1. The van der Waals surface area contributed by atoms with E-state index in [-0.39, 0.29) is 17.3 Å². The minimum Gasteiger partial charge on any atom is -0.336 e. The van der Waals surface area contributed by atoms with Gasteiger partial charge < -0.3 is 11.2 Å². The summed E-state index contributed by atoms with van der Waals surface area (Å²) < 4.78 is 1.34. The summed E-state index contributed by atoms with van der Waals surface area (Å²) in [5, 5.41) is 21.7. The topological polar surface area (TPSA) is 129 Å². The highest BCUT2D eigenvalue weighted by molar-refractivity contribution is 7.99. The Kier molecular flexibility index (Phi) is 5.16. The number of nitrogen functional groups attached to an aromatic ring is 1.